The van der Waals surface area contributed by atoms with Gasteiger partial charge in [-0.15, -0.1) is 0 Å². The van der Waals surface area contributed by atoms with Crippen molar-refractivity contribution < 1.29 is 14.3 Å². The van der Waals surface area contributed by atoms with E-state index in [1.165, 1.54) is 12.1 Å². The number of rotatable bonds is 3. The fourth-order valence-electron chi connectivity index (χ4n) is 3.20. The van der Waals surface area contributed by atoms with Crippen molar-refractivity contribution in [2.24, 2.45) is 0 Å². The third-order valence-corrected chi connectivity index (χ3v) is 4.34. The first-order valence-corrected chi connectivity index (χ1v) is 7.96. The lowest BCUT2D eigenvalue weighted by Crippen LogP contribution is -2.39. The molecule has 0 bridgehead atoms. The lowest BCUT2D eigenvalue weighted by molar-refractivity contribution is -0.134. The minimum atomic E-state index is -0.262. The fraction of sp³-hybridized carbons (Fsp3) is 0.316. The first-order chi connectivity index (χ1) is 11.1. The van der Waals surface area contributed by atoms with Crippen molar-refractivity contribution in [3.05, 3.63) is 65.5 Å². The Labute approximate surface area is 135 Å². The van der Waals surface area contributed by atoms with Crippen LogP contribution in [0.2, 0.25) is 0 Å². The number of phenols is 1. The molecule has 1 aliphatic rings. The number of likely N-dealkylation sites (tertiary alicyclic amines) is 1. The summed E-state index contributed by atoms with van der Waals surface area (Å²) in [6.45, 7) is 0.722. The fourth-order valence-corrected chi connectivity index (χ4v) is 3.20. The van der Waals surface area contributed by atoms with Crippen LogP contribution in [0.1, 0.15) is 36.4 Å². The number of piperidine rings is 1. The number of phenolic OH excluding ortho intramolecular Hbond substituents is 1. The number of benzene rings is 2. The lowest BCUT2D eigenvalue weighted by Gasteiger charge is -2.36. The van der Waals surface area contributed by atoms with Crippen molar-refractivity contribution in [1.82, 2.24) is 4.90 Å². The molecule has 1 aliphatic heterocycles. The highest BCUT2D eigenvalue weighted by Gasteiger charge is 2.27. The normalized spacial score (nSPS) is 18.0. The molecule has 1 atom stereocenters. The summed E-state index contributed by atoms with van der Waals surface area (Å²) in [5.74, 6) is -0.0455. The first-order valence-electron chi connectivity index (χ1n) is 7.96. The zero-order valence-corrected chi connectivity index (χ0v) is 12.9. The Morgan fingerprint density at radius 1 is 1.17 bits per heavy atom. The third kappa shape index (κ3) is 3.70. The molecule has 23 heavy (non-hydrogen) atoms. The topological polar surface area (TPSA) is 40.5 Å². The number of nitrogens with zero attached hydrogens (tertiary/aromatic N) is 1. The zero-order chi connectivity index (χ0) is 16.2. The molecule has 0 aromatic heterocycles. The maximum absolute atomic E-state index is 13.1. The molecule has 0 radical (unpaired) electrons. The molecular weight excluding hydrogens is 293 g/mol. The Balaban J connectivity index is 1.77. The predicted octanol–water partition coefficient (Wildman–Crippen LogP) is 3.83. The molecule has 0 aliphatic carbocycles. The zero-order valence-electron chi connectivity index (χ0n) is 12.9. The number of halogens is 1. The maximum Gasteiger partial charge on any atom is 0.227 e. The highest BCUT2D eigenvalue weighted by atomic mass is 19.1. The van der Waals surface area contributed by atoms with E-state index in [2.05, 4.69) is 0 Å². The molecule has 0 saturated carbocycles. The Morgan fingerprint density at radius 2 is 1.96 bits per heavy atom. The van der Waals surface area contributed by atoms with Gasteiger partial charge in [-0.25, -0.2) is 4.39 Å². The second kappa shape index (κ2) is 6.82. The van der Waals surface area contributed by atoms with Crippen LogP contribution in [-0.2, 0) is 11.2 Å². The third-order valence-electron chi connectivity index (χ3n) is 4.34. The summed E-state index contributed by atoms with van der Waals surface area (Å²) >= 11 is 0. The molecule has 2 aromatic carbocycles. The Kier molecular flexibility index (Phi) is 4.60. The SMILES string of the molecule is O=C(Cc1cccc(O)c1)N1CCCC[C@H]1c1ccc(F)cc1. The maximum atomic E-state index is 13.1. The van der Waals surface area contributed by atoms with Crippen molar-refractivity contribution in [1.29, 1.82) is 0 Å². The molecule has 2 aromatic rings. The van der Waals surface area contributed by atoms with Gasteiger partial charge in [0, 0.05) is 6.54 Å². The van der Waals surface area contributed by atoms with E-state index in [-0.39, 0.29) is 29.9 Å². The lowest BCUT2D eigenvalue weighted by atomic mass is 9.94. The highest BCUT2D eigenvalue weighted by molar-refractivity contribution is 5.79. The molecule has 1 amide bonds. The van der Waals surface area contributed by atoms with Crippen LogP contribution < -0.4 is 0 Å². The number of aromatic hydroxyl groups is 1. The minimum Gasteiger partial charge on any atom is -0.508 e. The summed E-state index contributed by atoms with van der Waals surface area (Å²) < 4.78 is 13.1. The van der Waals surface area contributed by atoms with Gasteiger partial charge in [-0.3, -0.25) is 4.79 Å². The summed E-state index contributed by atoms with van der Waals surface area (Å²) in [7, 11) is 0. The van der Waals surface area contributed by atoms with E-state index in [9.17, 15) is 14.3 Å². The van der Waals surface area contributed by atoms with Gasteiger partial charge in [-0.1, -0.05) is 24.3 Å². The van der Waals surface area contributed by atoms with Crippen LogP contribution in [-0.4, -0.2) is 22.5 Å². The van der Waals surface area contributed by atoms with Gasteiger partial charge in [0.2, 0.25) is 5.91 Å². The van der Waals surface area contributed by atoms with E-state index in [1.807, 2.05) is 11.0 Å². The molecule has 1 N–H and O–H groups in total. The number of hydrogen-bond donors (Lipinski definition) is 1. The quantitative estimate of drug-likeness (QED) is 0.935. The standard InChI is InChI=1S/C19H20FNO2/c20-16-9-7-15(8-10-16)18-6-1-2-11-21(18)19(23)13-14-4-3-5-17(22)12-14/h3-5,7-10,12,18,22H,1-2,6,11,13H2/t18-/m0/s1. The van der Waals surface area contributed by atoms with E-state index in [4.69, 9.17) is 0 Å². The van der Waals surface area contributed by atoms with Crippen LogP contribution in [0, 0.1) is 5.82 Å². The van der Waals surface area contributed by atoms with Gasteiger partial charge in [-0.05, 0) is 54.7 Å². The van der Waals surface area contributed by atoms with Crippen molar-refractivity contribution in [2.45, 2.75) is 31.7 Å². The van der Waals surface area contributed by atoms with Gasteiger partial charge in [0.25, 0.3) is 0 Å². The monoisotopic (exact) mass is 313 g/mol. The van der Waals surface area contributed by atoms with Crippen molar-refractivity contribution in [3.8, 4) is 5.75 Å². The number of carbonyl (C=O) groups excluding carboxylic acids is 1. The van der Waals surface area contributed by atoms with E-state index in [1.54, 1.807) is 30.3 Å². The second-order valence-corrected chi connectivity index (χ2v) is 6.00. The van der Waals surface area contributed by atoms with Crippen molar-refractivity contribution >= 4 is 5.91 Å². The average molecular weight is 313 g/mol. The summed E-state index contributed by atoms with van der Waals surface area (Å²) in [6.07, 6.45) is 3.23. The van der Waals surface area contributed by atoms with Crippen LogP contribution in [0.4, 0.5) is 4.39 Å². The van der Waals surface area contributed by atoms with Gasteiger partial charge in [0.15, 0.2) is 0 Å². The van der Waals surface area contributed by atoms with Crippen molar-refractivity contribution in [2.75, 3.05) is 6.54 Å². The molecule has 1 heterocycles. The molecular formula is C19H20FNO2. The first kappa shape index (κ1) is 15.5. The summed E-state index contributed by atoms with van der Waals surface area (Å²) in [6, 6.07) is 13.2. The van der Waals surface area contributed by atoms with Gasteiger partial charge in [0.05, 0.1) is 12.5 Å². The second-order valence-electron chi connectivity index (χ2n) is 6.00. The van der Waals surface area contributed by atoms with E-state index in [0.717, 1.165) is 36.9 Å². The number of carbonyl (C=O) groups is 1. The minimum absolute atomic E-state index is 0.00848. The molecule has 120 valence electrons. The average Bonchev–Trinajstić information content (AvgIpc) is 2.55. The smallest absolute Gasteiger partial charge is 0.227 e. The number of hydrogen-bond acceptors (Lipinski definition) is 2. The van der Waals surface area contributed by atoms with E-state index < -0.39 is 0 Å². The number of amides is 1. The van der Waals surface area contributed by atoms with Gasteiger partial charge in [-0.2, -0.15) is 0 Å². The van der Waals surface area contributed by atoms with Crippen LogP contribution >= 0.6 is 0 Å². The van der Waals surface area contributed by atoms with Crippen LogP contribution in [0.15, 0.2) is 48.5 Å². The largest absolute Gasteiger partial charge is 0.508 e. The molecule has 4 heteroatoms. The summed E-state index contributed by atoms with van der Waals surface area (Å²) in [4.78, 5) is 14.6. The molecule has 0 spiro atoms. The molecule has 3 rings (SSSR count). The Bertz CT molecular complexity index is 684. The molecule has 1 saturated heterocycles. The summed E-state index contributed by atoms with van der Waals surface area (Å²) in [5, 5.41) is 9.53. The molecule has 1 fully saturated rings. The van der Waals surface area contributed by atoms with E-state index in [0.29, 0.717) is 0 Å². The Hall–Kier alpha value is -2.36. The summed E-state index contributed by atoms with van der Waals surface area (Å²) in [5.41, 5.74) is 1.79. The van der Waals surface area contributed by atoms with Gasteiger partial charge >= 0.3 is 0 Å². The molecule has 3 nitrogen and oxygen atoms in total. The van der Waals surface area contributed by atoms with Crippen LogP contribution in [0.25, 0.3) is 0 Å². The predicted molar refractivity (Wildman–Crippen MR) is 86.5 cm³/mol. The Morgan fingerprint density at radius 3 is 2.70 bits per heavy atom. The van der Waals surface area contributed by atoms with Crippen LogP contribution in [0.5, 0.6) is 5.75 Å². The van der Waals surface area contributed by atoms with Crippen LogP contribution in [0.3, 0.4) is 0 Å². The van der Waals surface area contributed by atoms with Gasteiger partial charge < -0.3 is 10.0 Å². The van der Waals surface area contributed by atoms with E-state index >= 15 is 0 Å². The van der Waals surface area contributed by atoms with Gasteiger partial charge in [0.1, 0.15) is 11.6 Å². The molecule has 0 unspecified atom stereocenters. The highest BCUT2D eigenvalue weighted by Crippen LogP contribution is 2.31. The van der Waals surface area contributed by atoms with Crippen molar-refractivity contribution in [3.63, 3.8) is 0 Å².